The van der Waals surface area contributed by atoms with E-state index in [0.29, 0.717) is 18.5 Å². The van der Waals surface area contributed by atoms with Gasteiger partial charge in [0.2, 0.25) is 5.91 Å². The number of carbonyl (C=O) groups is 1. The van der Waals surface area contributed by atoms with Gasteiger partial charge < -0.3 is 15.4 Å². The molecule has 0 aromatic rings. The van der Waals surface area contributed by atoms with Crippen LogP contribution in [0, 0.1) is 0 Å². The van der Waals surface area contributed by atoms with Crippen LogP contribution in [0.25, 0.3) is 0 Å². The van der Waals surface area contributed by atoms with Crippen molar-refractivity contribution in [3.05, 3.63) is 0 Å². The average Bonchev–Trinajstić information content (AvgIpc) is 2.33. The minimum atomic E-state index is 0.149. The number of ether oxygens (including phenoxy) is 1. The Morgan fingerprint density at radius 3 is 2.94 bits per heavy atom. The Labute approximate surface area is 103 Å². The van der Waals surface area contributed by atoms with E-state index < -0.39 is 0 Å². The maximum atomic E-state index is 11.9. The molecule has 0 aromatic carbocycles. The third-order valence-corrected chi connectivity index (χ3v) is 3.80. The fourth-order valence-electron chi connectivity index (χ4n) is 2.68. The zero-order valence-corrected chi connectivity index (χ0v) is 10.7. The van der Waals surface area contributed by atoms with Crippen LogP contribution in [0.2, 0.25) is 0 Å². The molecule has 0 aliphatic carbocycles. The molecule has 1 amide bonds. The fraction of sp³-hybridized carbons (Fsp3) is 0.923. The molecule has 98 valence electrons. The summed E-state index contributed by atoms with van der Waals surface area (Å²) < 4.78 is 5.59. The number of nitrogens with one attached hydrogen (secondary N) is 2. The largest absolute Gasteiger partial charge is 0.378 e. The van der Waals surface area contributed by atoms with Gasteiger partial charge in [-0.05, 0) is 45.6 Å². The molecule has 0 bridgehead atoms. The molecule has 2 N–H and O–H groups in total. The highest BCUT2D eigenvalue weighted by atomic mass is 16.5. The van der Waals surface area contributed by atoms with Gasteiger partial charge in [0.1, 0.15) is 0 Å². The van der Waals surface area contributed by atoms with E-state index in [1.54, 1.807) is 0 Å². The molecule has 3 atom stereocenters. The van der Waals surface area contributed by atoms with E-state index in [1.165, 1.54) is 6.42 Å². The average molecular weight is 240 g/mol. The minimum Gasteiger partial charge on any atom is -0.378 e. The summed E-state index contributed by atoms with van der Waals surface area (Å²) in [5.74, 6) is 0.150. The van der Waals surface area contributed by atoms with Crippen LogP contribution in [0.3, 0.4) is 0 Å². The fourth-order valence-corrected chi connectivity index (χ4v) is 2.68. The van der Waals surface area contributed by atoms with Gasteiger partial charge in [0.25, 0.3) is 0 Å². The summed E-state index contributed by atoms with van der Waals surface area (Å²) in [6.45, 7) is 4.03. The molecule has 2 heterocycles. The van der Waals surface area contributed by atoms with Crippen LogP contribution in [-0.4, -0.2) is 37.2 Å². The number of carbonyl (C=O) groups excluding carboxylic acids is 1. The monoisotopic (exact) mass is 240 g/mol. The van der Waals surface area contributed by atoms with Gasteiger partial charge >= 0.3 is 0 Å². The number of piperidine rings is 1. The van der Waals surface area contributed by atoms with E-state index in [9.17, 15) is 4.79 Å². The molecule has 4 nitrogen and oxygen atoms in total. The zero-order chi connectivity index (χ0) is 12.1. The molecule has 2 fully saturated rings. The van der Waals surface area contributed by atoms with Crippen molar-refractivity contribution in [2.75, 3.05) is 13.2 Å². The predicted octanol–water partition coefficient (Wildman–Crippen LogP) is 1.20. The molecule has 3 unspecified atom stereocenters. The summed E-state index contributed by atoms with van der Waals surface area (Å²) in [4.78, 5) is 11.9. The Hall–Kier alpha value is -0.610. The quantitative estimate of drug-likeness (QED) is 0.779. The van der Waals surface area contributed by atoms with Crippen molar-refractivity contribution in [3.8, 4) is 0 Å². The second kappa shape index (κ2) is 6.36. The van der Waals surface area contributed by atoms with Crippen molar-refractivity contribution in [1.29, 1.82) is 0 Å². The standard InChI is InChI=1S/C13H24N2O2/c1-10-12(6-4-7-14-10)15-13(16)9-11-5-2-3-8-17-11/h10-12,14H,2-9H2,1H3,(H,15,16). The van der Waals surface area contributed by atoms with Crippen molar-refractivity contribution >= 4 is 5.91 Å². The first-order chi connectivity index (χ1) is 8.25. The van der Waals surface area contributed by atoms with Gasteiger partial charge in [-0.2, -0.15) is 0 Å². The molecular weight excluding hydrogens is 216 g/mol. The van der Waals surface area contributed by atoms with Crippen molar-refractivity contribution < 1.29 is 9.53 Å². The lowest BCUT2D eigenvalue weighted by atomic mass is 9.99. The molecule has 4 heteroatoms. The van der Waals surface area contributed by atoms with Gasteiger partial charge in [0.05, 0.1) is 12.5 Å². The third kappa shape index (κ3) is 3.96. The highest BCUT2D eigenvalue weighted by Gasteiger charge is 2.24. The summed E-state index contributed by atoms with van der Waals surface area (Å²) in [6, 6.07) is 0.680. The van der Waals surface area contributed by atoms with E-state index in [-0.39, 0.29) is 12.0 Å². The Morgan fingerprint density at radius 1 is 1.35 bits per heavy atom. The van der Waals surface area contributed by atoms with Crippen LogP contribution in [-0.2, 0) is 9.53 Å². The van der Waals surface area contributed by atoms with Gasteiger partial charge in [-0.1, -0.05) is 0 Å². The van der Waals surface area contributed by atoms with Gasteiger partial charge in [0.15, 0.2) is 0 Å². The summed E-state index contributed by atoms with van der Waals surface area (Å²) >= 11 is 0. The minimum absolute atomic E-state index is 0.149. The summed E-state index contributed by atoms with van der Waals surface area (Å²) in [5.41, 5.74) is 0. The van der Waals surface area contributed by atoms with E-state index in [2.05, 4.69) is 17.6 Å². The molecule has 2 rings (SSSR count). The summed E-state index contributed by atoms with van der Waals surface area (Å²) in [5, 5.41) is 6.53. The second-order valence-corrected chi connectivity index (χ2v) is 5.25. The molecule has 2 aliphatic heterocycles. The van der Waals surface area contributed by atoms with Crippen LogP contribution in [0.1, 0.15) is 45.4 Å². The topological polar surface area (TPSA) is 50.4 Å². The summed E-state index contributed by atoms with van der Waals surface area (Å²) in [6.07, 6.45) is 6.28. The van der Waals surface area contributed by atoms with Crippen molar-refractivity contribution in [2.24, 2.45) is 0 Å². The second-order valence-electron chi connectivity index (χ2n) is 5.25. The van der Waals surface area contributed by atoms with Gasteiger partial charge in [-0.3, -0.25) is 4.79 Å². The third-order valence-electron chi connectivity index (χ3n) is 3.80. The number of hydrogen-bond donors (Lipinski definition) is 2. The highest BCUT2D eigenvalue weighted by molar-refractivity contribution is 5.76. The zero-order valence-electron chi connectivity index (χ0n) is 10.7. The number of hydrogen-bond acceptors (Lipinski definition) is 3. The molecule has 0 spiro atoms. The van der Waals surface area contributed by atoms with Crippen LogP contribution < -0.4 is 10.6 Å². The smallest absolute Gasteiger partial charge is 0.222 e. The Bertz CT molecular complexity index is 252. The number of amides is 1. The van der Waals surface area contributed by atoms with Crippen molar-refractivity contribution in [2.45, 2.75) is 63.6 Å². The Kier molecular flexibility index (Phi) is 4.80. The summed E-state index contributed by atoms with van der Waals surface area (Å²) in [7, 11) is 0. The maximum absolute atomic E-state index is 11.9. The Balaban J connectivity index is 1.72. The lowest BCUT2D eigenvalue weighted by Crippen LogP contribution is -2.52. The van der Waals surface area contributed by atoms with E-state index >= 15 is 0 Å². The maximum Gasteiger partial charge on any atom is 0.222 e. The SMILES string of the molecule is CC1NCCCC1NC(=O)CC1CCCCO1. The van der Waals surface area contributed by atoms with E-state index in [1.807, 2.05) is 0 Å². The van der Waals surface area contributed by atoms with Crippen molar-refractivity contribution in [3.63, 3.8) is 0 Å². The van der Waals surface area contributed by atoms with Gasteiger partial charge in [-0.25, -0.2) is 0 Å². The van der Waals surface area contributed by atoms with Crippen LogP contribution in [0.15, 0.2) is 0 Å². The van der Waals surface area contributed by atoms with Gasteiger partial charge in [-0.15, -0.1) is 0 Å². The van der Waals surface area contributed by atoms with Crippen LogP contribution in [0.5, 0.6) is 0 Å². The number of rotatable bonds is 3. The molecule has 0 saturated carbocycles. The molecule has 2 aliphatic rings. The Morgan fingerprint density at radius 2 is 2.24 bits per heavy atom. The van der Waals surface area contributed by atoms with Crippen molar-refractivity contribution in [1.82, 2.24) is 10.6 Å². The molecular formula is C13H24N2O2. The van der Waals surface area contributed by atoms with E-state index in [4.69, 9.17) is 4.74 Å². The lowest BCUT2D eigenvalue weighted by molar-refractivity contribution is -0.125. The van der Waals surface area contributed by atoms with Gasteiger partial charge in [0, 0.05) is 18.7 Å². The molecule has 0 aromatic heterocycles. The molecule has 17 heavy (non-hydrogen) atoms. The highest BCUT2D eigenvalue weighted by Crippen LogP contribution is 2.16. The normalized spacial score (nSPS) is 34.3. The van der Waals surface area contributed by atoms with Crippen LogP contribution >= 0.6 is 0 Å². The first-order valence-electron chi connectivity index (χ1n) is 6.90. The lowest BCUT2D eigenvalue weighted by Gasteiger charge is -2.31. The van der Waals surface area contributed by atoms with E-state index in [0.717, 1.165) is 38.8 Å². The first kappa shape index (κ1) is 12.8. The predicted molar refractivity (Wildman–Crippen MR) is 66.8 cm³/mol. The first-order valence-corrected chi connectivity index (χ1v) is 6.90. The van der Waals surface area contributed by atoms with Crippen LogP contribution in [0.4, 0.5) is 0 Å². The molecule has 0 radical (unpaired) electrons. The molecule has 2 saturated heterocycles.